The van der Waals surface area contributed by atoms with Crippen molar-refractivity contribution in [1.82, 2.24) is 10.3 Å². The molecule has 1 aliphatic rings. The van der Waals surface area contributed by atoms with Crippen molar-refractivity contribution in [3.05, 3.63) is 52.9 Å². The van der Waals surface area contributed by atoms with Crippen LogP contribution in [0.25, 0.3) is 0 Å². The van der Waals surface area contributed by atoms with Crippen molar-refractivity contribution in [3.8, 4) is 11.6 Å². The minimum absolute atomic E-state index is 0.341. The van der Waals surface area contributed by atoms with Gasteiger partial charge in [0.25, 0.3) is 0 Å². The average molecular weight is 293 g/mol. The van der Waals surface area contributed by atoms with Crippen molar-refractivity contribution in [1.29, 1.82) is 0 Å². The van der Waals surface area contributed by atoms with E-state index in [1.54, 1.807) is 24.3 Å². The molecule has 0 aliphatic heterocycles. The first-order valence-corrected chi connectivity index (χ1v) is 6.91. The predicted octanol–water partition coefficient (Wildman–Crippen LogP) is 3.92. The molecule has 0 bridgehead atoms. The summed E-state index contributed by atoms with van der Waals surface area (Å²) in [4.78, 5) is 4.36. The molecule has 1 aliphatic carbocycles. The van der Waals surface area contributed by atoms with E-state index in [-0.39, 0.29) is 5.82 Å². The van der Waals surface area contributed by atoms with Gasteiger partial charge in [0.05, 0.1) is 10.7 Å². The molecule has 0 amide bonds. The summed E-state index contributed by atoms with van der Waals surface area (Å²) in [5, 5.41) is 3.95. The number of nitrogens with zero attached hydrogens (tertiary/aromatic N) is 1. The van der Waals surface area contributed by atoms with Crippen LogP contribution in [0.1, 0.15) is 18.5 Å². The van der Waals surface area contributed by atoms with Gasteiger partial charge in [-0.05, 0) is 31.0 Å². The quantitative estimate of drug-likeness (QED) is 0.907. The molecule has 1 N–H and O–H groups in total. The zero-order valence-corrected chi connectivity index (χ0v) is 11.5. The normalized spacial score (nSPS) is 14.3. The number of pyridine rings is 1. The smallest absolute Gasteiger partial charge is 0.219 e. The molecule has 104 valence electrons. The molecule has 3 nitrogen and oxygen atoms in total. The van der Waals surface area contributed by atoms with Crippen LogP contribution in [0.3, 0.4) is 0 Å². The van der Waals surface area contributed by atoms with E-state index in [1.165, 1.54) is 25.0 Å². The van der Waals surface area contributed by atoms with Crippen molar-refractivity contribution in [3.63, 3.8) is 0 Å². The highest BCUT2D eigenvalue weighted by atomic mass is 35.5. The summed E-state index contributed by atoms with van der Waals surface area (Å²) in [5.74, 6) is 0.487. The van der Waals surface area contributed by atoms with Gasteiger partial charge in [0.15, 0.2) is 0 Å². The minimum atomic E-state index is -0.341. The Labute approximate surface area is 121 Å². The number of aromatic nitrogens is 1. The second kappa shape index (κ2) is 5.77. The van der Waals surface area contributed by atoms with Crippen molar-refractivity contribution in [2.24, 2.45) is 0 Å². The number of benzene rings is 1. The summed E-state index contributed by atoms with van der Waals surface area (Å²) in [7, 11) is 0. The zero-order chi connectivity index (χ0) is 13.9. The zero-order valence-electron chi connectivity index (χ0n) is 10.8. The molecule has 1 saturated carbocycles. The maximum absolute atomic E-state index is 13.1. The maximum Gasteiger partial charge on any atom is 0.219 e. The van der Waals surface area contributed by atoms with Crippen LogP contribution in [-0.2, 0) is 6.54 Å². The molecule has 0 spiro atoms. The molecule has 2 aromatic rings. The van der Waals surface area contributed by atoms with E-state index in [1.807, 2.05) is 0 Å². The van der Waals surface area contributed by atoms with Gasteiger partial charge in [-0.1, -0.05) is 17.7 Å². The second-order valence-corrected chi connectivity index (χ2v) is 5.20. The molecule has 1 fully saturated rings. The fourth-order valence-electron chi connectivity index (χ4n) is 1.82. The Morgan fingerprint density at radius 1 is 1.30 bits per heavy atom. The highest BCUT2D eigenvalue weighted by Crippen LogP contribution is 2.25. The number of ether oxygens (including phenoxy) is 1. The van der Waals surface area contributed by atoms with Crippen LogP contribution in [0, 0.1) is 5.82 Å². The van der Waals surface area contributed by atoms with Gasteiger partial charge in [0, 0.05) is 24.7 Å². The van der Waals surface area contributed by atoms with Crippen molar-refractivity contribution in [2.45, 2.75) is 25.4 Å². The summed E-state index contributed by atoms with van der Waals surface area (Å²) >= 11 is 6.11. The SMILES string of the molecule is Fc1cccc(Oc2ccc(Cl)c(CNC3CC3)n2)c1. The molecule has 0 unspecified atom stereocenters. The predicted molar refractivity (Wildman–Crippen MR) is 75.6 cm³/mol. The summed E-state index contributed by atoms with van der Waals surface area (Å²) in [6.07, 6.45) is 2.41. The average Bonchev–Trinajstić information content (AvgIpc) is 3.23. The fourth-order valence-corrected chi connectivity index (χ4v) is 2.00. The molecule has 1 heterocycles. The molecule has 3 rings (SSSR count). The first-order valence-electron chi connectivity index (χ1n) is 6.53. The van der Waals surface area contributed by atoms with Crippen LogP contribution in [0.4, 0.5) is 4.39 Å². The van der Waals surface area contributed by atoms with E-state index in [4.69, 9.17) is 16.3 Å². The van der Waals surface area contributed by atoms with Crippen LogP contribution in [-0.4, -0.2) is 11.0 Å². The van der Waals surface area contributed by atoms with Gasteiger partial charge < -0.3 is 10.1 Å². The Morgan fingerprint density at radius 3 is 2.90 bits per heavy atom. The lowest BCUT2D eigenvalue weighted by Gasteiger charge is -2.09. The van der Waals surface area contributed by atoms with Crippen LogP contribution in [0.5, 0.6) is 11.6 Å². The largest absolute Gasteiger partial charge is 0.439 e. The number of hydrogen-bond donors (Lipinski definition) is 1. The van der Waals surface area contributed by atoms with Crippen molar-refractivity contribution in [2.75, 3.05) is 0 Å². The highest BCUT2D eigenvalue weighted by molar-refractivity contribution is 6.31. The van der Waals surface area contributed by atoms with E-state index < -0.39 is 0 Å². The maximum atomic E-state index is 13.1. The van der Waals surface area contributed by atoms with E-state index in [0.29, 0.717) is 29.2 Å². The fraction of sp³-hybridized carbons (Fsp3) is 0.267. The summed E-state index contributed by atoms with van der Waals surface area (Å²) < 4.78 is 18.6. The molecular formula is C15H14ClFN2O. The number of rotatable bonds is 5. The van der Waals surface area contributed by atoms with E-state index in [0.717, 1.165) is 5.69 Å². The van der Waals surface area contributed by atoms with Gasteiger partial charge in [0.1, 0.15) is 11.6 Å². The van der Waals surface area contributed by atoms with Gasteiger partial charge in [-0.25, -0.2) is 9.37 Å². The van der Waals surface area contributed by atoms with E-state index in [2.05, 4.69) is 10.3 Å². The lowest BCUT2D eigenvalue weighted by atomic mass is 10.3. The Hall–Kier alpha value is -1.65. The molecule has 1 aromatic heterocycles. The third-order valence-corrected chi connectivity index (χ3v) is 3.39. The van der Waals surface area contributed by atoms with E-state index in [9.17, 15) is 4.39 Å². The Bertz CT molecular complexity index is 617. The van der Waals surface area contributed by atoms with Gasteiger partial charge in [0.2, 0.25) is 5.88 Å². The first kappa shape index (κ1) is 13.3. The number of nitrogens with one attached hydrogen (secondary N) is 1. The topological polar surface area (TPSA) is 34.1 Å². The molecule has 0 saturated heterocycles. The first-order chi connectivity index (χ1) is 9.70. The van der Waals surface area contributed by atoms with Crippen molar-refractivity contribution >= 4 is 11.6 Å². The van der Waals surface area contributed by atoms with Gasteiger partial charge in [-0.2, -0.15) is 0 Å². The van der Waals surface area contributed by atoms with Gasteiger partial charge in [-0.3, -0.25) is 0 Å². The summed E-state index contributed by atoms with van der Waals surface area (Å²) in [5.41, 5.74) is 0.743. The number of hydrogen-bond acceptors (Lipinski definition) is 3. The van der Waals surface area contributed by atoms with Gasteiger partial charge >= 0.3 is 0 Å². The Morgan fingerprint density at radius 2 is 2.15 bits per heavy atom. The third kappa shape index (κ3) is 3.46. The Kier molecular flexibility index (Phi) is 3.85. The standard InChI is InChI=1S/C15H14ClFN2O/c16-13-6-7-15(19-14(13)9-18-11-4-5-11)20-12-3-1-2-10(17)8-12/h1-3,6-8,11,18H,4-5,9H2. The van der Waals surface area contributed by atoms with Crippen LogP contribution in [0.15, 0.2) is 36.4 Å². The lowest BCUT2D eigenvalue weighted by molar-refractivity contribution is 0.455. The molecule has 5 heteroatoms. The van der Waals surface area contributed by atoms with Crippen LogP contribution >= 0.6 is 11.6 Å². The van der Waals surface area contributed by atoms with E-state index >= 15 is 0 Å². The Balaban J connectivity index is 1.73. The minimum Gasteiger partial charge on any atom is -0.439 e. The highest BCUT2D eigenvalue weighted by Gasteiger charge is 2.20. The van der Waals surface area contributed by atoms with Gasteiger partial charge in [-0.15, -0.1) is 0 Å². The third-order valence-electron chi connectivity index (χ3n) is 3.05. The van der Waals surface area contributed by atoms with Crippen LogP contribution < -0.4 is 10.1 Å². The molecule has 20 heavy (non-hydrogen) atoms. The molecule has 0 radical (unpaired) electrons. The number of halogens is 2. The lowest BCUT2D eigenvalue weighted by Crippen LogP contribution is -2.16. The summed E-state index contributed by atoms with van der Waals surface area (Å²) in [6, 6.07) is 9.96. The van der Waals surface area contributed by atoms with Crippen LogP contribution in [0.2, 0.25) is 5.02 Å². The molecule has 0 atom stereocenters. The van der Waals surface area contributed by atoms with Crippen molar-refractivity contribution < 1.29 is 9.13 Å². The monoisotopic (exact) mass is 292 g/mol. The molecular weight excluding hydrogens is 279 g/mol. The molecule has 1 aromatic carbocycles. The second-order valence-electron chi connectivity index (χ2n) is 4.79. The summed E-state index contributed by atoms with van der Waals surface area (Å²) in [6.45, 7) is 0.615.